The molecule has 0 bridgehead atoms. The van der Waals surface area contributed by atoms with Gasteiger partial charge < -0.3 is 5.32 Å². The second-order valence-corrected chi connectivity index (χ2v) is 4.24. The number of nitrogens with zero attached hydrogens (tertiary/aromatic N) is 1. The van der Waals surface area contributed by atoms with Gasteiger partial charge in [0.2, 0.25) is 0 Å². The second-order valence-electron chi connectivity index (χ2n) is 3.83. The van der Waals surface area contributed by atoms with E-state index in [1.165, 1.54) is 12.1 Å². The number of halogens is 2. The summed E-state index contributed by atoms with van der Waals surface area (Å²) in [5, 5.41) is 6.90. The molecule has 20 heavy (non-hydrogen) atoms. The van der Waals surface area contributed by atoms with E-state index in [4.69, 9.17) is 12.2 Å². The van der Waals surface area contributed by atoms with Gasteiger partial charge in [0, 0.05) is 11.3 Å². The molecule has 2 aromatic rings. The van der Waals surface area contributed by atoms with Gasteiger partial charge in [0.05, 0.1) is 6.21 Å². The van der Waals surface area contributed by atoms with E-state index in [9.17, 15) is 8.78 Å². The summed E-state index contributed by atoms with van der Waals surface area (Å²) in [7, 11) is 0. The maximum atomic E-state index is 13.3. The zero-order valence-electron chi connectivity index (χ0n) is 10.3. The fourth-order valence-electron chi connectivity index (χ4n) is 1.46. The Morgan fingerprint density at radius 1 is 1.05 bits per heavy atom. The topological polar surface area (TPSA) is 36.4 Å². The number of thiocarbonyl (C=S) groups is 1. The predicted molar refractivity (Wildman–Crippen MR) is 79.8 cm³/mol. The largest absolute Gasteiger partial charge is 0.331 e. The summed E-state index contributed by atoms with van der Waals surface area (Å²) in [6.45, 7) is 0. The molecule has 0 aliphatic heterocycles. The van der Waals surface area contributed by atoms with Crippen LogP contribution in [0.3, 0.4) is 0 Å². The highest BCUT2D eigenvalue weighted by Gasteiger charge is 2.04. The Labute approximate surface area is 120 Å². The van der Waals surface area contributed by atoms with Crippen molar-refractivity contribution < 1.29 is 8.78 Å². The average molecular weight is 291 g/mol. The zero-order valence-corrected chi connectivity index (χ0v) is 11.1. The number of hydrazone groups is 1. The van der Waals surface area contributed by atoms with E-state index in [0.29, 0.717) is 0 Å². The van der Waals surface area contributed by atoms with Crippen LogP contribution in [0.25, 0.3) is 0 Å². The number of para-hydroxylation sites is 1. The molecule has 6 heteroatoms. The lowest BCUT2D eigenvalue weighted by atomic mass is 10.2. The lowest BCUT2D eigenvalue weighted by Gasteiger charge is -2.06. The van der Waals surface area contributed by atoms with Crippen LogP contribution in [0.4, 0.5) is 14.5 Å². The number of benzene rings is 2. The van der Waals surface area contributed by atoms with Crippen LogP contribution in [0.15, 0.2) is 53.6 Å². The summed E-state index contributed by atoms with van der Waals surface area (Å²) in [4.78, 5) is 0. The van der Waals surface area contributed by atoms with Crippen molar-refractivity contribution in [2.45, 2.75) is 0 Å². The second kappa shape index (κ2) is 6.72. The molecule has 0 saturated heterocycles. The first-order valence-electron chi connectivity index (χ1n) is 5.76. The Bertz CT molecular complexity index is 630. The quantitative estimate of drug-likeness (QED) is 0.517. The Kier molecular flexibility index (Phi) is 4.73. The number of hydrogen-bond donors (Lipinski definition) is 2. The molecule has 0 heterocycles. The molecule has 0 aromatic heterocycles. The minimum atomic E-state index is -0.944. The van der Waals surface area contributed by atoms with E-state index in [0.717, 1.165) is 18.0 Å². The molecule has 2 N–H and O–H groups in total. The smallest absolute Gasteiger partial charge is 0.191 e. The summed E-state index contributed by atoms with van der Waals surface area (Å²) in [5.74, 6) is -1.86. The number of anilines is 1. The lowest BCUT2D eigenvalue weighted by Crippen LogP contribution is -2.23. The number of rotatable bonds is 3. The maximum Gasteiger partial charge on any atom is 0.191 e. The van der Waals surface area contributed by atoms with Gasteiger partial charge >= 0.3 is 0 Å². The molecule has 0 saturated carbocycles. The highest BCUT2D eigenvalue weighted by Crippen LogP contribution is 2.09. The monoisotopic (exact) mass is 291 g/mol. The minimum absolute atomic E-state index is 0.0417. The molecule has 2 aromatic carbocycles. The van der Waals surface area contributed by atoms with Crippen molar-refractivity contribution in [2.24, 2.45) is 5.10 Å². The van der Waals surface area contributed by atoms with E-state index in [1.807, 2.05) is 30.3 Å². The first-order chi connectivity index (χ1) is 9.66. The molecule has 0 radical (unpaired) electrons. The lowest BCUT2D eigenvalue weighted by molar-refractivity contribution is 0.507. The van der Waals surface area contributed by atoms with Crippen LogP contribution in [0, 0.1) is 11.6 Å². The highest BCUT2D eigenvalue weighted by atomic mass is 32.1. The normalized spacial score (nSPS) is 10.5. The van der Waals surface area contributed by atoms with Gasteiger partial charge in [-0.05, 0) is 30.4 Å². The standard InChI is InChI=1S/C14H11F2N3S/c15-12-8-4-5-10(13(12)16)9-17-19-14(20)18-11-6-2-1-3-7-11/h1-9H,(H2,18,19,20). The number of nitrogens with one attached hydrogen (secondary N) is 2. The third-order valence-corrected chi connectivity index (χ3v) is 2.58. The summed E-state index contributed by atoms with van der Waals surface area (Å²) in [6, 6.07) is 13.1. The van der Waals surface area contributed by atoms with Crippen molar-refractivity contribution in [3.63, 3.8) is 0 Å². The van der Waals surface area contributed by atoms with Crippen LogP contribution in [-0.4, -0.2) is 11.3 Å². The molecule has 0 amide bonds. The van der Waals surface area contributed by atoms with Gasteiger partial charge in [-0.1, -0.05) is 30.3 Å². The molecule has 0 spiro atoms. The fourth-order valence-corrected chi connectivity index (χ4v) is 1.63. The molecule has 102 valence electrons. The molecular formula is C14H11F2N3S. The molecular weight excluding hydrogens is 280 g/mol. The van der Waals surface area contributed by atoms with Crippen molar-refractivity contribution >= 4 is 29.2 Å². The van der Waals surface area contributed by atoms with E-state index in [-0.39, 0.29) is 10.7 Å². The van der Waals surface area contributed by atoms with E-state index < -0.39 is 11.6 Å². The average Bonchev–Trinajstić information content (AvgIpc) is 2.44. The number of hydrogen-bond acceptors (Lipinski definition) is 2. The molecule has 0 fully saturated rings. The van der Waals surface area contributed by atoms with Crippen LogP contribution in [0.2, 0.25) is 0 Å². The zero-order chi connectivity index (χ0) is 14.4. The summed E-state index contributed by atoms with van der Waals surface area (Å²) in [6.07, 6.45) is 1.16. The summed E-state index contributed by atoms with van der Waals surface area (Å²) >= 11 is 5.01. The van der Waals surface area contributed by atoms with Gasteiger partial charge in [-0.15, -0.1) is 0 Å². The highest BCUT2D eigenvalue weighted by molar-refractivity contribution is 7.80. The van der Waals surface area contributed by atoms with Crippen molar-refractivity contribution in [1.82, 2.24) is 5.43 Å². The van der Waals surface area contributed by atoms with E-state index in [2.05, 4.69) is 15.8 Å². The van der Waals surface area contributed by atoms with Crippen LogP contribution in [0.5, 0.6) is 0 Å². The molecule has 3 nitrogen and oxygen atoms in total. The van der Waals surface area contributed by atoms with Crippen molar-refractivity contribution in [2.75, 3.05) is 5.32 Å². The Balaban J connectivity index is 1.93. The first-order valence-corrected chi connectivity index (χ1v) is 6.17. The van der Waals surface area contributed by atoms with Gasteiger partial charge in [0.15, 0.2) is 16.7 Å². The van der Waals surface area contributed by atoms with Gasteiger partial charge in [-0.2, -0.15) is 5.10 Å². The third-order valence-electron chi connectivity index (χ3n) is 2.38. The molecule has 2 rings (SSSR count). The molecule has 0 atom stereocenters. The van der Waals surface area contributed by atoms with Crippen LogP contribution in [-0.2, 0) is 0 Å². The predicted octanol–water partition coefficient (Wildman–Crippen LogP) is 3.29. The Morgan fingerprint density at radius 2 is 1.80 bits per heavy atom. The molecule has 0 unspecified atom stereocenters. The van der Waals surface area contributed by atoms with Gasteiger partial charge in [0.25, 0.3) is 0 Å². The van der Waals surface area contributed by atoms with Crippen LogP contribution < -0.4 is 10.7 Å². The van der Waals surface area contributed by atoms with Crippen molar-refractivity contribution in [3.8, 4) is 0 Å². The summed E-state index contributed by atoms with van der Waals surface area (Å²) in [5.41, 5.74) is 3.37. The SMILES string of the molecule is Fc1cccc(C=NNC(=S)Nc2ccccc2)c1F. The molecule has 0 aliphatic carbocycles. The van der Waals surface area contributed by atoms with Gasteiger partial charge in [-0.3, -0.25) is 5.43 Å². The van der Waals surface area contributed by atoms with E-state index in [1.54, 1.807) is 0 Å². The van der Waals surface area contributed by atoms with Gasteiger partial charge in [-0.25, -0.2) is 8.78 Å². The third kappa shape index (κ3) is 3.83. The van der Waals surface area contributed by atoms with Crippen molar-refractivity contribution in [1.29, 1.82) is 0 Å². The van der Waals surface area contributed by atoms with Crippen LogP contribution in [0.1, 0.15) is 5.56 Å². The summed E-state index contributed by atoms with van der Waals surface area (Å²) < 4.78 is 26.3. The maximum absolute atomic E-state index is 13.3. The van der Waals surface area contributed by atoms with E-state index >= 15 is 0 Å². The molecule has 0 aliphatic rings. The van der Waals surface area contributed by atoms with Crippen LogP contribution >= 0.6 is 12.2 Å². The Morgan fingerprint density at radius 3 is 2.55 bits per heavy atom. The minimum Gasteiger partial charge on any atom is -0.331 e. The van der Waals surface area contributed by atoms with Crippen molar-refractivity contribution in [3.05, 3.63) is 65.7 Å². The Hall–Kier alpha value is -2.34. The fraction of sp³-hybridized carbons (Fsp3) is 0. The van der Waals surface area contributed by atoms with Gasteiger partial charge in [0.1, 0.15) is 0 Å². The first kappa shape index (κ1) is 14.1.